The van der Waals surface area contributed by atoms with E-state index in [4.69, 9.17) is 26.5 Å². The molecule has 6 nitrogen and oxygen atoms in total. The highest BCUT2D eigenvalue weighted by atomic mass is 35.5. The van der Waals surface area contributed by atoms with E-state index < -0.39 is 0 Å². The molecule has 2 N–H and O–H groups in total. The van der Waals surface area contributed by atoms with Crippen LogP contribution in [0.2, 0.25) is 5.02 Å². The van der Waals surface area contributed by atoms with E-state index >= 15 is 0 Å². The van der Waals surface area contributed by atoms with Crippen molar-refractivity contribution in [3.8, 4) is 17.3 Å². The molecule has 3 aromatic heterocycles. The fourth-order valence-electron chi connectivity index (χ4n) is 2.41. The fraction of sp³-hybridized carbons (Fsp3) is 0.125. The smallest absolute Gasteiger partial charge is 0.231 e. The minimum atomic E-state index is 0.408. The number of rotatable bonds is 4. The molecule has 0 spiro atoms. The summed E-state index contributed by atoms with van der Waals surface area (Å²) >= 11 is 6.02. The van der Waals surface area contributed by atoms with Gasteiger partial charge in [-0.15, -0.1) is 5.10 Å². The number of nitrogens with two attached hydrogens (primary N) is 1. The standard InChI is InChI=1S/C16H13ClN4O2/c17-11-1-2-13-10(7-11)8-14(23-13)12-9-19-15-3-4-16(20-21(12)15)22-6-5-18/h1-4,7-9H,5-6,18H2. The molecule has 0 amide bonds. The largest absolute Gasteiger partial charge is 0.475 e. The fourth-order valence-corrected chi connectivity index (χ4v) is 2.59. The summed E-state index contributed by atoms with van der Waals surface area (Å²) < 4.78 is 13.0. The maximum absolute atomic E-state index is 6.02. The number of imidazole rings is 1. The van der Waals surface area contributed by atoms with Gasteiger partial charge in [0.2, 0.25) is 5.88 Å². The topological polar surface area (TPSA) is 78.6 Å². The van der Waals surface area contributed by atoms with Crippen molar-refractivity contribution in [3.63, 3.8) is 0 Å². The van der Waals surface area contributed by atoms with Gasteiger partial charge in [-0.1, -0.05) is 11.6 Å². The summed E-state index contributed by atoms with van der Waals surface area (Å²) in [6, 6.07) is 11.0. The lowest BCUT2D eigenvalue weighted by molar-refractivity contribution is 0.310. The highest BCUT2D eigenvalue weighted by Crippen LogP contribution is 2.30. The molecule has 23 heavy (non-hydrogen) atoms. The van der Waals surface area contributed by atoms with E-state index in [1.54, 1.807) is 22.8 Å². The van der Waals surface area contributed by atoms with E-state index in [1.165, 1.54) is 0 Å². The van der Waals surface area contributed by atoms with Crippen molar-refractivity contribution < 1.29 is 9.15 Å². The molecule has 0 unspecified atom stereocenters. The summed E-state index contributed by atoms with van der Waals surface area (Å²) in [6.07, 6.45) is 1.72. The van der Waals surface area contributed by atoms with Crippen LogP contribution in [-0.4, -0.2) is 27.7 Å². The molecule has 0 aliphatic heterocycles. The molecule has 4 aromatic rings. The van der Waals surface area contributed by atoms with E-state index in [0.717, 1.165) is 16.7 Å². The lowest BCUT2D eigenvalue weighted by Gasteiger charge is -2.04. The first-order chi connectivity index (χ1) is 11.2. The molecule has 0 aliphatic rings. The molecule has 4 rings (SSSR count). The first kappa shape index (κ1) is 14.0. The second-order valence-electron chi connectivity index (χ2n) is 5.01. The predicted octanol–water partition coefficient (Wildman–Crippen LogP) is 3.13. The lowest BCUT2D eigenvalue weighted by Crippen LogP contribution is -2.12. The first-order valence-corrected chi connectivity index (χ1v) is 7.49. The summed E-state index contributed by atoms with van der Waals surface area (Å²) in [7, 11) is 0. The van der Waals surface area contributed by atoms with Gasteiger partial charge in [0.1, 0.15) is 17.9 Å². The summed E-state index contributed by atoms with van der Waals surface area (Å²) in [5.41, 5.74) is 7.65. The Morgan fingerprint density at radius 2 is 2.13 bits per heavy atom. The van der Waals surface area contributed by atoms with E-state index in [-0.39, 0.29) is 0 Å². The monoisotopic (exact) mass is 328 g/mol. The van der Waals surface area contributed by atoms with E-state index in [9.17, 15) is 0 Å². The van der Waals surface area contributed by atoms with Crippen molar-refractivity contribution in [1.29, 1.82) is 0 Å². The van der Waals surface area contributed by atoms with Crippen molar-refractivity contribution in [3.05, 3.63) is 47.6 Å². The van der Waals surface area contributed by atoms with Gasteiger partial charge >= 0.3 is 0 Å². The second kappa shape index (κ2) is 5.57. The van der Waals surface area contributed by atoms with Crippen LogP contribution in [0.25, 0.3) is 28.1 Å². The maximum Gasteiger partial charge on any atom is 0.231 e. The van der Waals surface area contributed by atoms with Gasteiger partial charge in [-0.2, -0.15) is 0 Å². The Morgan fingerprint density at radius 1 is 1.22 bits per heavy atom. The van der Waals surface area contributed by atoms with Gasteiger partial charge in [-0.25, -0.2) is 9.50 Å². The Balaban J connectivity index is 1.82. The van der Waals surface area contributed by atoms with Gasteiger partial charge in [-0.05, 0) is 30.3 Å². The summed E-state index contributed by atoms with van der Waals surface area (Å²) in [5, 5.41) is 6.02. The molecule has 1 aromatic carbocycles. The molecule has 7 heteroatoms. The number of ether oxygens (including phenoxy) is 1. The lowest BCUT2D eigenvalue weighted by atomic mass is 10.2. The number of aromatic nitrogens is 3. The van der Waals surface area contributed by atoms with Crippen LogP contribution < -0.4 is 10.5 Å². The Morgan fingerprint density at radius 3 is 3.00 bits per heavy atom. The van der Waals surface area contributed by atoms with E-state index in [0.29, 0.717) is 35.5 Å². The van der Waals surface area contributed by atoms with Crippen LogP contribution in [0.3, 0.4) is 0 Å². The molecule has 0 atom stereocenters. The van der Waals surface area contributed by atoms with Crippen LogP contribution in [-0.2, 0) is 0 Å². The molecule has 116 valence electrons. The minimum absolute atomic E-state index is 0.408. The van der Waals surface area contributed by atoms with Gasteiger partial charge in [0.25, 0.3) is 0 Å². The zero-order valence-corrected chi connectivity index (χ0v) is 12.8. The van der Waals surface area contributed by atoms with Crippen molar-refractivity contribution in [2.45, 2.75) is 0 Å². The van der Waals surface area contributed by atoms with Crippen molar-refractivity contribution in [2.24, 2.45) is 5.73 Å². The quantitative estimate of drug-likeness (QED) is 0.622. The van der Waals surface area contributed by atoms with Crippen LogP contribution in [0.4, 0.5) is 0 Å². The van der Waals surface area contributed by atoms with Crippen molar-refractivity contribution in [2.75, 3.05) is 13.2 Å². The van der Waals surface area contributed by atoms with Crippen LogP contribution in [0.1, 0.15) is 0 Å². The third-order valence-electron chi connectivity index (χ3n) is 3.44. The van der Waals surface area contributed by atoms with Crippen LogP contribution in [0.15, 0.2) is 47.0 Å². The SMILES string of the molecule is NCCOc1ccc2ncc(-c3cc4cc(Cl)ccc4o3)n2n1. The molecule has 3 heterocycles. The Hall–Kier alpha value is -2.57. The highest BCUT2D eigenvalue weighted by molar-refractivity contribution is 6.31. The highest BCUT2D eigenvalue weighted by Gasteiger charge is 2.13. The van der Waals surface area contributed by atoms with E-state index in [1.807, 2.05) is 24.3 Å². The third-order valence-corrected chi connectivity index (χ3v) is 3.67. The van der Waals surface area contributed by atoms with Gasteiger partial charge in [0.05, 0.1) is 6.20 Å². The van der Waals surface area contributed by atoms with Crippen molar-refractivity contribution >= 4 is 28.2 Å². The first-order valence-electron chi connectivity index (χ1n) is 7.12. The Labute approximate surface area is 136 Å². The third kappa shape index (κ3) is 2.52. The number of halogens is 1. The number of benzene rings is 1. The molecule has 0 saturated carbocycles. The minimum Gasteiger partial charge on any atom is -0.475 e. The number of nitrogens with zero attached hydrogens (tertiary/aromatic N) is 3. The summed E-state index contributed by atoms with van der Waals surface area (Å²) in [5.74, 6) is 1.15. The number of fused-ring (bicyclic) bond motifs is 2. The maximum atomic E-state index is 6.02. The Bertz CT molecular complexity index is 992. The van der Waals surface area contributed by atoms with Crippen LogP contribution >= 0.6 is 11.6 Å². The van der Waals surface area contributed by atoms with Gasteiger partial charge in [0, 0.05) is 23.0 Å². The van der Waals surface area contributed by atoms with E-state index in [2.05, 4.69) is 10.1 Å². The molecule has 0 radical (unpaired) electrons. The average molecular weight is 329 g/mol. The molecule has 0 aliphatic carbocycles. The molecule has 0 saturated heterocycles. The second-order valence-corrected chi connectivity index (χ2v) is 5.45. The molecule has 0 fully saturated rings. The average Bonchev–Trinajstić information content (AvgIpc) is 3.15. The van der Waals surface area contributed by atoms with Gasteiger partial charge in [0.15, 0.2) is 11.4 Å². The molecular formula is C16H13ClN4O2. The van der Waals surface area contributed by atoms with Crippen LogP contribution in [0.5, 0.6) is 5.88 Å². The van der Waals surface area contributed by atoms with Crippen molar-refractivity contribution in [1.82, 2.24) is 14.6 Å². The zero-order chi connectivity index (χ0) is 15.8. The summed E-state index contributed by atoms with van der Waals surface area (Å²) in [6.45, 7) is 0.840. The normalized spacial score (nSPS) is 11.4. The molecular weight excluding hydrogens is 316 g/mol. The zero-order valence-electron chi connectivity index (χ0n) is 12.1. The molecule has 0 bridgehead atoms. The Kier molecular flexibility index (Phi) is 3.40. The number of hydrogen-bond donors (Lipinski definition) is 1. The number of hydrogen-bond acceptors (Lipinski definition) is 5. The summed E-state index contributed by atoms with van der Waals surface area (Å²) in [4.78, 5) is 4.34. The van der Waals surface area contributed by atoms with Gasteiger partial charge in [-0.3, -0.25) is 0 Å². The van der Waals surface area contributed by atoms with Crippen LogP contribution in [0, 0.1) is 0 Å². The predicted molar refractivity (Wildman–Crippen MR) is 87.8 cm³/mol. The van der Waals surface area contributed by atoms with Gasteiger partial charge < -0.3 is 14.9 Å². The number of furan rings is 1.